The summed E-state index contributed by atoms with van der Waals surface area (Å²) in [6.07, 6.45) is 3.38. The van der Waals surface area contributed by atoms with E-state index in [-0.39, 0.29) is 18.1 Å². The van der Waals surface area contributed by atoms with Crippen LogP contribution in [0.25, 0.3) is 5.65 Å². The number of pyridine rings is 1. The molecule has 0 saturated heterocycles. The number of amides is 2. The number of rotatable bonds is 4. The SMILES string of the molecule is O=C(NCCCc1ccccc1)N1CCc2nc3ccc(F)cn3c(=O)c2C1. The number of nitrogens with zero attached hydrogens (tertiary/aromatic N) is 3. The van der Waals surface area contributed by atoms with Gasteiger partial charge in [0.1, 0.15) is 11.5 Å². The molecule has 1 aliphatic heterocycles. The fourth-order valence-electron chi connectivity index (χ4n) is 3.49. The highest BCUT2D eigenvalue weighted by molar-refractivity contribution is 5.74. The maximum Gasteiger partial charge on any atom is 0.317 e. The number of hydrogen-bond donors (Lipinski definition) is 1. The lowest BCUT2D eigenvalue weighted by atomic mass is 10.1. The molecule has 1 aliphatic rings. The molecule has 2 aromatic heterocycles. The van der Waals surface area contributed by atoms with E-state index >= 15 is 0 Å². The first kappa shape index (κ1) is 18.2. The van der Waals surface area contributed by atoms with Gasteiger partial charge in [0.05, 0.1) is 17.8 Å². The highest BCUT2D eigenvalue weighted by atomic mass is 19.1. The van der Waals surface area contributed by atoms with E-state index < -0.39 is 5.82 Å². The minimum atomic E-state index is -0.500. The number of carbonyl (C=O) groups excluding carboxylic acids is 1. The van der Waals surface area contributed by atoms with Crippen LogP contribution in [0.1, 0.15) is 23.2 Å². The highest BCUT2D eigenvalue weighted by Gasteiger charge is 2.24. The van der Waals surface area contributed by atoms with Crippen molar-refractivity contribution in [1.29, 1.82) is 0 Å². The standard InChI is InChI=1S/C21H21FN4O2/c22-16-8-9-19-24-18-10-12-25(14-17(18)20(27)26(19)13-16)21(28)23-11-4-7-15-5-2-1-3-6-15/h1-3,5-6,8-9,13H,4,7,10-12,14H2,(H,23,28). The van der Waals surface area contributed by atoms with E-state index in [1.807, 2.05) is 18.2 Å². The maximum absolute atomic E-state index is 13.5. The van der Waals surface area contributed by atoms with Crippen LogP contribution < -0.4 is 10.9 Å². The molecule has 1 aromatic carbocycles. The van der Waals surface area contributed by atoms with Crippen molar-refractivity contribution >= 4 is 11.7 Å². The summed E-state index contributed by atoms with van der Waals surface area (Å²) in [5, 5.41) is 2.92. The second kappa shape index (κ2) is 7.80. The lowest BCUT2D eigenvalue weighted by molar-refractivity contribution is 0.191. The minimum absolute atomic E-state index is 0.186. The molecule has 6 nitrogen and oxygen atoms in total. The van der Waals surface area contributed by atoms with Gasteiger partial charge in [0.2, 0.25) is 0 Å². The first-order valence-electron chi connectivity index (χ1n) is 9.38. The van der Waals surface area contributed by atoms with Gasteiger partial charge >= 0.3 is 6.03 Å². The van der Waals surface area contributed by atoms with E-state index in [4.69, 9.17) is 0 Å². The van der Waals surface area contributed by atoms with E-state index in [9.17, 15) is 14.0 Å². The van der Waals surface area contributed by atoms with Gasteiger partial charge in [0.15, 0.2) is 0 Å². The zero-order valence-electron chi connectivity index (χ0n) is 15.4. The molecule has 4 rings (SSSR count). The summed E-state index contributed by atoms with van der Waals surface area (Å²) in [7, 11) is 0. The van der Waals surface area contributed by atoms with Crippen LogP contribution in [0.15, 0.2) is 53.5 Å². The van der Waals surface area contributed by atoms with Crippen molar-refractivity contribution < 1.29 is 9.18 Å². The Bertz CT molecular complexity index is 1070. The van der Waals surface area contributed by atoms with Crippen LogP contribution in [0.3, 0.4) is 0 Å². The Labute approximate surface area is 161 Å². The highest BCUT2D eigenvalue weighted by Crippen LogP contribution is 2.15. The molecule has 28 heavy (non-hydrogen) atoms. The topological polar surface area (TPSA) is 66.7 Å². The van der Waals surface area contributed by atoms with E-state index in [0.29, 0.717) is 36.4 Å². The number of aryl methyl sites for hydroxylation is 1. The third kappa shape index (κ3) is 3.74. The molecule has 1 N–H and O–H groups in total. The third-order valence-corrected chi connectivity index (χ3v) is 4.98. The first-order chi connectivity index (χ1) is 13.6. The normalized spacial score (nSPS) is 13.4. The number of hydrogen-bond acceptors (Lipinski definition) is 3. The average Bonchev–Trinajstić information content (AvgIpc) is 2.72. The molecule has 0 radical (unpaired) electrons. The van der Waals surface area contributed by atoms with Crippen LogP contribution in [-0.4, -0.2) is 33.4 Å². The Morgan fingerprint density at radius 3 is 2.82 bits per heavy atom. The van der Waals surface area contributed by atoms with Crippen LogP contribution in [-0.2, 0) is 19.4 Å². The van der Waals surface area contributed by atoms with Crippen LogP contribution in [0.4, 0.5) is 9.18 Å². The molecule has 0 saturated carbocycles. The summed E-state index contributed by atoms with van der Waals surface area (Å²) in [6, 6.07) is 12.7. The largest absolute Gasteiger partial charge is 0.338 e. The number of fused-ring (bicyclic) bond motifs is 2. The summed E-state index contributed by atoms with van der Waals surface area (Å²) in [4.78, 5) is 31.3. The van der Waals surface area contributed by atoms with Gasteiger partial charge in [0, 0.05) is 25.7 Å². The molecule has 0 bridgehead atoms. The van der Waals surface area contributed by atoms with E-state index in [1.165, 1.54) is 22.1 Å². The van der Waals surface area contributed by atoms with E-state index in [2.05, 4.69) is 22.4 Å². The Hall–Kier alpha value is -3.22. The molecule has 0 aliphatic carbocycles. The van der Waals surface area contributed by atoms with Crippen molar-refractivity contribution in [2.45, 2.75) is 25.8 Å². The van der Waals surface area contributed by atoms with Gasteiger partial charge in [-0.2, -0.15) is 0 Å². The lowest BCUT2D eigenvalue weighted by Crippen LogP contribution is -2.45. The molecule has 3 aromatic rings. The van der Waals surface area contributed by atoms with Gasteiger partial charge in [-0.25, -0.2) is 14.2 Å². The average molecular weight is 380 g/mol. The van der Waals surface area contributed by atoms with E-state index in [1.54, 1.807) is 4.90 Å². The maximum atomic E-state index is 13.5. The summed E-state index contributed by atoms with van der Waals surface area (Å²) in [5.74, 6) is -0.500. The van der Waals surface area contributed by atoms with Gasteiger partial charge in [-0.05, 0) is 30.5 Å². The zero-order chi connectivity index (χ0) is 19.5. The number of carbonyl (C=O) groups is 1. The van der Waals surface area contributed by atoms with Gasteiger partial charge in [-0.15, -0.1) is 0 Å². The smallest absolute Gasteiger partial charge is 0.317 e. The molecule has 0 atom stereocenters. The fourth-order valence-corrected chi connectivity index (χ4v) is 3.49. The second-order valence-corrected chi connectivity index (χ2v) is 6.91. The van der Waals surface area contributed by atoms with Gasteiger partial charge in [0.25, 0.3) is 5.56 Å². The van der Waals surface area contributed by atoms with Gasteiger partial charge in [-0.3, -0.25) is 9.20 Å². The third-order valence-electron chi connectivity index (χ3n) is 4.98. The monoisotopic (exact) mass is 380 g/mol. The Kier molecular flexibility index (Phi) is 5.06. The molecule has 2 amide bonds. The second-order valence-electron chi connectivity index (χ2n) is 6.91. The number of halogens is 1. The molecule has 0 spiro atoms. The van der Waals surface area contributed by atoms with Crippen molar-refractivity contribution in [1.82, 2.24) is 19.6 Å². The molecule has 3 heterocycles. The predicted octanol–water partition coefficient (Wildman–Crippen LogP) is 2.53. The van der Waals surface area contributed by atoms with Crippen LogP contribution in [0.5, 0.6) is 0 Å². The Morgan fingerprint density at radius 2 is 2.00 bits per heavy atom. The number of nitrogens with one attached hydrogen (secondary N) is 1. The molecular formula is C21H21FN4O2. The Morgan fingerprint density at radius 1 is 1.18 bits per heavy atom. The summed E-state index contributed by atoms with van der Waals surface area (Å²) in [6.45, 7) is 1.25. The number of aromatic nitrogens is 2. The summed E-state index contributed by atoms with van der Waals surface area (Å²) >= 11 is 0. The van der Waals surface area contributed by atoms with Crippen molar-refractivity contribution in [3.05, 3.63) is 81.7 Å². The van der Waals surface area contributed by atoms with Crippen molar-refractivity contribution in [2.24, 2.45) is 0 Å². The van der Waals surface area contributed by atoms with Crippen LogP contribution in [0.2, 0.25) is 0 Å². The minimum Gasteiger partial charge on any atom is -0.338 e. The zero-order valence-corrected chi connectivity index (χ0v) is 15.4. The quantitative estimate of drug-likeness (QED) is 0.708. The molecule has 0 fully saturated rings. The molecular weight excluding hydrogens is 359 g/mol. The molecule has 0 unspecified atom stereocenters. The molecule has 7 heteroatoms. The van der Waals surface area contributed by atoms with Crippen molar-refractivity contribution in [3.63, 3.8) is 0 Å². The molecule has 144 valence electrons. The van der Waals surface area contributed by atoms with Crippen LogP contribution in [0, 0.1) is 5.82 Å². The predicted molar refractivity (Wildman–Crippen MR) is 104 cm³/mol. The lowest BCUT2D eigenvalue weighted by Gasteiger charge is -2.28. The van der Waals surface area contributed by atoms with Gasteiger partial charge < -0.3 is 10.2 Å². The van der Waals surface area contributed by atoms with Crippen LogP contribution >= 0.6 is 0 Å². The fraction of sp³-hybridized carbons (Fsp3) is 0.286. The first-order valence-corrected chi connectivity index (χ1v) is 9.38. The van der Waals surface area contributed by atoms with Gasteiger partial charge in [-0.1, -0.05) is 30.3 Å². The van der Waals surface area contributed by atoms with Crippen molar-refractivity contribution in [2.75, 3.05) is 13.1 Å². The van der Waals surface area contributed by atoms with Crippen molar-refractivity contribution in [3.8, 4) is 0 Å². The summed E-state index contributed by atoms with van der Waals surface area (Å²) < 4.78 is 14.7. The number of benzene rings is 1. The van der Waals surface area contributed by atoms with E-state index in [0.717, 1.165) is 19.0 Å². The number of urea groups is 1. The summed E-state index contributed by atoms with van der Waals surface area (Å²) in [5.41, 5.74) is 2.48. The Balaban J connectivity index is 1.40.